The number of nitrogens with one attached hydrogen (secondary N) is 2. The third kappa shape index (κ3) is 3.76. The van der Waals surface area contributed by atoms with Gasteiger partial charge in [-0.05, 0) is 24.3 Å². The van der Waals surface area contributed by atoms with Crippen LogP contribution in [0.3, 0.4) is 0 Å². The van der Waals surface area contributed by atoms with E-state index < -0.39 is 0 Å². The standard InChI is InChI=1S/C15H15ClN4OS/c16-11-3-1-2-4-13(11)22-14-6-5-12(19-20-14)15(21)18-9-10-7-17-8-10/h1-6,10,17H,7-9H2,(H,18,21). The van der Waals surface area contributed by atoms with E-state index in [2.05, 4.69) is 20.8 Å². The van der Waals surface area contributed by atoms with E-state index >= 15 is 0 Å². The van der Waals surface area contributed by atoms with Crippen molar-refractivity contribution in [2.24, 2.45) is 5.92 Å². The Bertz CT molecular complexity index is 661. The minimum Gasteiger partial charge on any atom is -0.350 e. The number of halogens is 1. The maximum absolute atomic E-state index is 12.0. The lowest BCUT2D eigenvalue weighted by Crippen LogP contribution is -2.48. The van der Waals surface area contributed by atoms with Gasteiger partial charge >= 0.3 is 0 Å². The van der Waals surface area contributed by atoms with Crippen LogP contribution in [0.1, 0.15) is 10.5 Å². The first-order valence-corrected chi connectivity index (χ1v) is 8.17. The quantitative estimate of drug-likeness (QED) is 0.877. The highest BCUT2D eigenvalue weighted by atomic mass is 35.5. The van der Waals surface area contributed by atoms with Crippen molar-refractivity contribution >= 4 is 29.3 Å². The molecule has 1 aromatic heterocycles. The lowest BCUT2D eigenvalue weighted by Gasteiger charge is -2.26. The van der Waals surface area contributed by atoms with Gasteiger partial charge in [0.1, 0.15) is 5.03 Å². The molecule has 5 nitrogen and oxygen atoms in total. The molecule has 0 radical (unpaired) electrons. The summed E-state index contributed by atoms with van der Waals surface area (Å²) in [5, 5.41) is 15.5. The van der Waals surface area contributed by atoms with Crippen LogP contribution in [0.4, 0.5) is 0 Å². The molecule has 0 atom stereocenters. The Kier molecular flexibility index (Phi) is 4.92. The van der Waals surface area contributed by atoms with Crippen molar-refractivity contribution in [3.05, 3.63) is 47.1 Å². The topological polar surface area (TPSA) is 66.9 Å². The van der Waals surface area contributed by atoms with E-state index in [4.69, 9.17) is 11.6 Å². The van der Waals surface area contributed by atoms with Crippen molar-refractivity contribution in [3.8, 4) is 0 Å². The fraction of sp³-hybridized carbons (Fsp3) is 0.267. The Labute approximate surface area is 137 Å². The van der Waals surface area contributed by atoms with E-state index in [0.717, 1.165) is 18.0 Å². The molecular formula is C15H15ClN4OS. The average molecular weight is 335 g/mol. The normalized spacial score (nSPS) is 14.4. The average Bonchev–Trinajstić information content (AvgIpc) is 2.49. The molecule has 0 saturated carbocycles. The van der Waals surface area contributed by atoms with Gasteiger partial charge in [0.05, 0.1) is 5.02 Å². The largest absolute Gasteiger partial charge is 0.350 e. The van der Waals surface area contributed by atoms with Crippen LogP contribution < -0.4 is 10.6 Å². The summed E-state index contributed by atoms with van der Waals surface area (Å²) in [7, 11) is 0. The van der Waals surface area contributed by atoms with Crippen LogP contribution >= 0.6 is 23.4 Å². The summed E-state index contributed by atoms with van der Waals surface area (Å²) in [6, 6.07) is 11.0. The molecule has 1 aliphatic rings. The third-order valence-electron chi connectivity index (χ3n) is 3.34. The second-order valence-electron chi connectivity index (χ2n) is 5.02. The summed E-state index contributed by atoms with van der Waals surface area (Å²) in [6.07, 6.45) is 0. The van der Waals surface area contributed by atoms with Crippen LogP contribution in [0.25, 0.3) is 0 Å². The molecule has 1 amide bonds. The van der Waals surface area contributed by atoms with Crippen molar-refractivity contribution < 1.29 is 4.79 Å². The van der Waals surface area contributed by atoms with Crippen LogP contribution in [0.15, 0.2) is 46.3 Å². The third-order valence-corrected chi connectivity index (χ3v) is 4.79. The van der Waals surface area contributed by atoms with Gasteiger partial charge in [0.25, 0.3) is 5.91 Å². The van der Waals surface area contributed by atoms with Gasteiger partial charge in [-0.1, -0.05) is 35.5 Å². The molecule has 2 heterocycles. The summed E-state index contributed by atoms with van der Waals surface area (Å²) in [5.74, 6) is 0.334. The zero-order chi connectivity index (χ0) is 15.4. The van der Waals surface area contributed by atoms with E-state index in [1.54, 1.807) is 12.1 Å². The molecule has 3 rings (SSSR count). The Morgan fingerprint density at radius 2 is 2.09 bits per heavy atom. The van der Waals surface area contributed by atoms with Gasteiger partial charge in [-0.15, -0.1) is 10.2 Å². The molecular weight excluding hydrogens is 320 g/mol. The molecule has 114 valence electrons. The number of benzene rings is 1. The van der Waals surface area contributed by atoms with E-state index in [-0.39, 0.29) is 5.91 Å². The smallest absolute Gasteiger partial charge is 0.271 e. The van der Waals surface area contributed by atoms with Crippen molar-refractivity contribution in [1.29, 1.82) is 0 Å². The second-order valence-corrected chi connectivity index (χ2v) is 6.49. The number of hydrogen-bond donors (Lipinski definition) is 2. The van der Waals surface area contributed by atoms with Crippen LogP contribution in [0, 0.1) is 5.92 Å². The molecule has 0 bridgehead atoms. The lowest BCUT2D eigenvalue weighted by atomic mass is 10.0. The number of amides is 1. The van der Waals surface area contributed by atoms with Gasteiger partial charge in [-0.3, -0.25) is 4.79 Å². The van der Waals surface area contributed by atoms with E-state index in [9.17, 15) is 4.79 Å². The Hall–Kier alpha value is -1.63. The molecule has 1 fully saturated rings. The molecule has 0 aliphatic carbocycles. The maximum atomic E-state index is 12.0. The lowest BCUT2D eigenvalue weighted by molar-refractivity contribution is 0.0936. The van der Waals surface area contributed by atoms with Crippen LogP contribution in [-0.4, -0.2) is 35.7 Å². The number of rotatable bonds is 5. The molecule has 22 heavy (non-hydrogen) atoms. The van der Waals surface area contributed by atoms with Crippen molar-refractivity contribution in [1.82, 2.24) is 20.8 Å². The van der Waals surface area contributed by atoms with Crippen molar-refractivity contribution in [2.45, 2.75) is 9.92 Å². The predicted octanol–water partition coefficient (Wildman–Crippen LogP) is 2.23. The van der Waals surface area contributed by atoms with E-state index in [1.165, 1.54) is 11.8 Å². The minimum absolute atomic E-state index is 0.186. The maximum Gasteiger partial charge on any atom is 0.271 e. The Balaban J connectivity index is 1.59. The molecule has 0 spiro atoms. The zero-order valence-electron chi connectivity index (χ0n) is 11.8. The number of hydrogen-bond acceptors (Lipinski definition) is 5. The summed E-state index contributed by atoms with van der Waals surface area (Å²) < 4.78 is 0. The first kappa shape index (κ1) is 15.3. The monoisotopic (exact) mass is 334 g/mol. The highest BCUT2D eigenvalue weighted by Gasteiger charge is 2.18. The number of carbonyl (C=O) groups is 1. The highest BCUT2D eigenvalue weighted by molar-refractivity contribution is 7.99. The van der Waals surface area contributed by atoms with E-state index in [1.807, 2.05) is 24.3 Å². The summed E-state index contributed by atoms with van der Waals surface area (Å²) >= 11 is 7.53. The van der Waals surface area contributed by atoms with Gasteiger partial charge in [-0.2, -0.15) is 0 Å². The second kappa shape index (κ2) is 7.09. The van der Waals surface area contributed by atoms with Crippen molar-refractivity contribution in [2.75, 3.05) is 19.6 Å². The molecule has 0 unspecified atom stereocenters. The number of carbonyl (C=O) groups excluding carboxylic acids is 1. The van der Waals surface area contributed by atoms with Gasteiger partial charge in [0, 0.05) is 30.4 Å². The molecule has 1 aliphatic heterocycles. The molecule has 7 heteroatoms. The van der Waals surface area contributed by atoms with Gasteiger partial charge in [0.15, 0.2) is 5.69 Å². The van der Waals surface area contributed by atoms with Crippen LogP contribution in [0.5, 0.6) is 0 Å². The van der Waals surface area contributed by atoms with Crippen LogP contribution in [-0.2, 0) is 0 Å². The highest BCUT2D eigenvalue weighted by Crippen LogP contribution is 2.31. The predicted molar refractivity (Wildman–Crippen MR) is 86.3 cm³/mol. The summed E-state index contributed by atoms with van der Waals surface area (Å²) in [6.45, 7) is 2.59. The minimum atomic E-state index is -0.186. The van der Waals surface area contributed by atoms with Gasteiger partial charge in [0.2, 0.25) is 0 Å². The first-order chi connectivity index (χ1) is 10.7. The molecule has 2 aromatic rings. The fourth-order valence-electron chi connectivity index (χ4n) is 1.96. The SMILES string of the molecule is O=C(NCC1CNC1)c1ccc(Sc2ccccc2Cl)nn1. The summed E-state index contributed by atoms with van der Waals surface area (Å²) in [4.78, 5) is 12.9. The molecule has 2 N–H and O–H groups in total. The molecule has 1 aromatic carbocycles. The van der Waals surface area contributed by atoms with E-state index in [0.29, 0.717) is 28.2 Å². The van der Waals surface area contributed by atoms with Crippen LogP contribution in [0.2, 0.25) is 5.02 Å². The first-order valence-electron chi connectivity index (χ1n) is 6.97. The number of nitrogens with zero attached hydrogens (tertiary/aromatic N) is 2. The van der Waals surface area contributed by atoms with Gasteiger partial charge < -0.3 is 10.6 Å². The van der Waals surface area contributed by atoms with Crippen molar-refractivity contribution in [3.63, 3.8) is 0 Å². The Morgan fingerprint density at radius 3 is 2.73 bits per heavy atom. The number of aromatic nitrogens is 2. The fourth-order valence-corrected chi connectivity index (χ4v) is 2.96. The van der Waals surface area contributed by atoms with Gasteiger partial charge in [-0.25, -0.2) is 0 Å². The molecule has 1 saturated heterocycles. The zero-order valence-corrected chi connectivity index (χ0v) is 13.3. The Morgan fingerprint density at radius 1 is 1.27 bits per heavy atom. The summed E-state index contributed by atoms with van der Waals surface area (Å²) in [5.41, 5.74) is 0.329.